The molecule has 0 saturated carbocycles. The summed E-state index contributed by atoms with van der Waals surface area (Å²) in [5.74, 6) is 0.106. The number of ether oxygens (including phenoxy) is 1. The third-order valence-corrected chi connectivity index (χ3v) is 4.69. The van der Waals surface area contributed by atoms with Crippen molar-refractivity contribution < 1.29 is 9.53 Å². The zero-order valence-corrected chi connectivity index (χ0v) is 13.5. The van der Waals surface area contributed by atoms with Crippen LogP contribution in [-0.2, 0) is 16.1 Å². The fraction of sp³-hybridized carbons (Fsp3) is 0.500. The van der Waals surface area contributed by atoms with E-state index in [0.29, 0.717) is 13.2 Å². The molecule has 0 aliphatic carbocycles. The number of aromatic amines is 1. The lowest BCUT2D eigenvalue weighted by molar-refractivity contribution is -0.126. The molecule has 3 rings (SSSR count). The van der Waals surface area contributed by atoms with Gasteiger partial charge >= 0.3 is 0 Å². The third-order valence-electron chi connectivity index (χ3n) is 4.69. The minimum Gasteiger partial charge on any atom is -0.377 e. The molecule has 1 saturated heterocycles. The van der Waals surface area contributed by atoms with Crippen LogP contribution in [0, 0.1) is 19.8 Å². The Hall–Kier alpha value is -1.81. The molecule has 22 heavy (non-hydrogen) atoms. The van der Waals surface area contributed by atoms with Crippen LogP contribution in [0.3, 0.4) is 0 Å². The average Bonchev–Trinajstić information content (AvgIpc) is 3.11. The second-order valence-corrected chi connectivity index (χ2v) is 6.25. The van der Waals surface area contributed by atoms with Crippen molar-refractivity contribution in [3.63, 3.8) is 0 Å². The molecule has 1 aromatic heterocycles. The molecule has 1 fully saturated rings. The highest BCUT2D eigenvalue weighted by Gasteiger charge is 2.32. The van der Waals surface area contributed by atoms with Crippen LogP contribution in [0.4, 0.5) is 0 Å². The van der Waals surface area contributed by atoms with Gasteiger partial charge in [0.2, 0.25) is 5.91 Å². The highest BCUT2D eigenvalue weighted by molar-refractivity contribution is 5.83. The Morgan fingerprint density at radius 2 is 2.09 bits per heavy atom. The number of nitrogens with one attached hydrogen (secondary N) is 2. The Morgan fingerprint density at radius 3 is 2.86 bits per heavy atom. The Kier molecular flexibility index (Phi) is 4.21. The number of rotatable bonds is 4. The van der Waals surface area contributed by atoms with Crippen LogP contribution in [0.1, 0.15) is 36.6 Å². The maximum atomic E-state index is 12.3. The van der Waals surface area contributed by atoms with Crippen LogP contribution >= 0.6 is 0 Å². The van der Waals surface area contributed by atoms with Gasteiger partial charge in [0.15, 0.2) is 0 Å². The summed E-state index contributed by atoms with van der Waals surface area (Å²) < 4.78 is 5.59. The molecular formula is C18H24N2O2. The molecule has 118 valence electrons. The predicted octanol–water partition coefficient (Wildman–Crippen LogP) is 3.22. The Balaban J connectivity index is 1.67. The number of hydrogen-bond donors (Lipinski definition) is 2. The first-order chi connectivity index (χ1) is 10.6. The summed E-state index contributed by atoms with van der Waals surface area (Å²) >= 11 is 0. The molecule has 4 heteroatoms. The number of aromatic nitrogens is 1. The summed E-state index contributed by atoms with van der Waals surface area (Å²) in [5.41, 5.74) is 4.73. The number of aryl methyl sites for hydroxylation is 2. The highest BCUT2D eigenvalue weighted by Crippen LogP contribution is 2.24. The molecule has 4 nitrogen and oxygen atoms in total. The number of carbonyl (C=O) groups is 1. The van der Waals surface area contributed by atoms with Crippen molar-refractivity contribution in [1.29, 1.82) is 0 Å². The van der Waals surface area contributed by atoms with E-state index in [2.05, 4.69) is 49.3 Å². The van der Waals surface area contributed by atoms with Gasteiger partial charge in [-0.1, -0.05) is 6.92 Å². The van der Waals surface area contributed by atoms with E-state index in [1.165, 1.54) is 16.5 Å². The third kappa shape index (κ3) is 2.88. The summed E-state index contributed by atoms with van der Waals surface area (Å²) in [4.78, 5) is 15.7. The van der Waals surface area contributed by atoms with Gasteiger partial charge in [-0.05, 0) is 61.4 Å². The summed E-state index contributed by atoms with van der Waals surface area (Å²) in [6, 6.07) is 6.46. The van der Waals surface area contributed by atoms with Crippen LogP contribution in [0.15, 0.2) is 18.2 Å². The zero-order valence-electron chi connectivity index (χ0n) is 13.5. The summed E-state index contributed by atoms with van der Waals surface area (Å²) in [6.45, 7) is 7.54. The van der Waals surface area contributed by atoms with Gasteiger partial charge in [-0.3, -0.25) is 4.79 Å². The van der Waals surface area contributed by atoms with E-state index in [-0.39, 0.29) is 17.9 Å². The van der Waals surface area contributed by atoms with E-state index in [9.17, 15) is 4.79 Å². The molecule has 0 spiro atoms. The van der Waals surface area contributed by atoms with Gasteiger partial charge in [0, 0.05) is 17.8 Å². The van der Waals surface area contributed by atoms with E-state index < -0.39 is 0 Å². The number of amides is 1. The van der Waals surface area contributed by atoms with E-state index >= 15 is 0 Å². The summed E-state index contributed by atoms with van der Waals surface area (Å²) in [5, 5.41) is 4.24. The van der Waals surface area contributed by atoms with Crippen LogP contribution in [0.5, 0.6) is 0 Å². The molecule has 2 N–H and O–H groups in total. The Bertz CT molecular complexity index is 651. The van der Waals surface area contributed by atoms with E-state index in [0.717, 1.165) is 24.1 Å². The first kappa shape index (κ1) is 15.1. The summed E-state index contributed by atoms with van der Waals surface area (Å²) in [6.07, 6.45) is 1.80. The monoisotopic (exact) mass is 300 g/mol. The molecule has 2 aromatic rings. The topological polar surface area (TPSA) is 54.1 Å². The molecule has 1 aromatic carbocycles. The molecule has 2 atom stereocenters. The maximum absolute atomic E-state index is 12.3. The number of carbonyl (C=O) groups excluding carboxylic acids is 1. The van der Waals surface area contributed by atoms with Crippen molar-refractivity contribution in [3.8, 4) is 0 Å². The van der Waals surface area contributed by atoms with Crippen molar-refractivity contribution in [2.45, 2.75) is 46.3 Å². The quantitative estimate of drug-likeness (QED) is 0.911. The Morgan fingerprint density at radius 1 is 1.32 bits per heavy atom. The average molecular weight is 300 g/mol. The molecule has 0 radical (unpaired) electrons. The number of hydrogen-bond acceptors (Lipinski definition) is 2. The van der Waals surface area contributed by atoms with E-state index in [4.69, 9.17) is 4.74 Å². The number of benzene rings is 1. The van der Waals surface area contributed by atoms with Gasteiger partial charge in [-0.15, -0.1) is 0 Å². The number of fused-ring (bicyclic) bond motifs is 1. The van der Waals surface area contributed by atoms with Gasteiger partial charge in [-0.2, -0.15) is 0 Å². The van der Waals surface area contributed by atoms with Gasteiger partial charge in [0.05, 0.1) is 18.6 Å². The molecule has 1 amide bonds. The largest absolute Gasteiger partial charge is 0.377 e. The lowest BCUT2D eigenvalue weighted by Gasteiger charge is -2.16. The highest BCUT2D eigenvalue weighted by atomic mass is 16.5. The van der Waals surface area contributed by atoms with Gasteiger partial charge in [-0.25, -0.2) is 0 Å². The zero-order chi connectivity index (χ0) is 15.7. The van der Waals surface area contributed by atoms with Crippen molar-refractivity contribution >= 4 is 16.8 Å². The van der Waals surface area contributed by atoms with Gasteiger partial charge in [0.25, 0.3) is 0 Å². The first-order valence-corrected chi connectivity index (χ1v) is 8.06. The van der Waals surface area contributed by atoms with Gasteiger partial charge in [0.1, 0.15) is 0 Å². The second kappa shape index (κ2) is 6.13. The maximum Gasteiger partial charge on any atom is 0.226 e. The minimum absolute atomic E-state index is 0.00105. The molecule has 1 aliphatic heterocycles. The first-order valence-electron chi connectivity index (χ1n) is 8.06. The Labute approximate surface area is 131 Å². The van der Waals surface area contributed by atoms with E-state index in [1.807, 2.05) is 0 Å². The molecule has 1 aliphatic rings. The van der Waals surface area contributed by atoms with E-state index in [1.54, 1.807) is 0 Å². The van der Waals surface area contributed by atoms with Crippen LogP contribution < -0.4 is 5.32 Å². The fourth-order valence-electron chi connectivity index (χ4n) is 3.22. The number of H-pyrrole nitrogens is 1. The van der Waals surface area contributed by atoms with Gasteiger partial charge < -0.3 is 15.0 Å². The molecule has 0 bridgehead atoms. The molecule has 2 heterocycles. The molecular weight excluding hydrogens is 276 g/mol. The van der Waals surface area contributed by atoms with Crippen molar-refractivity contribution in [3.05, 3.63) is 35.0 Å². The normalized spacial score (nSPS) is 21.4. The molecule has 2 unspecified atom stereocenters. The lowest BCUT2D eigenvalue weighted by Crippen LogP contribution is -2.34. The smallest absolute Gasteiger partial charge is 0.226 e. The summed E-state index contributed by atoms with van der Waals surface area (Å²) in [7, 11) is 0. The second-order valence-electron chi connectivity index (χ2n) is 6.25. The van der Waals surface area contributed by atoms with Crippen molar-refractivity contribution in [1.82, 2.24) is 10.3 Å². The predicted molar refractivity (Wildman–Crippen MR) is 87.8 cm³/mol. The SMILES string of the molecule is CCC1OCCC1C(=O)NCc1cc2cc(C)c(C)cc2[nH]1. The van der Waals surface area contributed by atoms with Crippen LogP contribution in [0.2, 0.25) is 0 Å². The van der Waals surface area contributed by atoms with Crippen LogP contribution in [-0.4, -0.2) is 23.6 Å². The van der Waals surface area contributed by atoms with Crippen molar-refractivity contribution in [2.24, 2.45) is 5.92 Å². The fourth-order valence-corrected chi connectivity index (χ4v) is 3.22. The standard InChI is InChI=1S/C18H24N2O2/c1-4-17-15(5-6-22-17)18(21)19-10-14-9-13-7-11(2)12(3)8-16(13)20-14/h7-9,15,17,20H,4-6,10H2,1-3H3,(H,19,21). The minimum atomic E-state index is -0.00105. The lowest BCUT2D eigenvalue weighted by atomic mass is 9.99. The van der Waals surface area contributed by atoms with Crippen molar-refractivity contribution in [2.75, 3.05) is 6.61 Å². The van der Waals surface area contributed by atoms with Crippen LogP contribution in [0.25, 0.3) is 10.9 Å².